The fourth-order valence-electron chi connectivity index (χ4n) is 3.14. The van der Waals surface area contributed by atoms with Gasteiger partial charge in [-0.2, -0.15) is 0 Å². The highest BCUT2D eigenvalue weighted by Gasteiger charge is 2.22. The van der Waals surface area contributed by atoms with Crippen LogP contribution in [0, 0.1) is 0 Å². The molecule has 3 aromatic carbocycles. The molecule has 3 aromatic rings. The zero-order valence-corrected chi connectivity index (χ0v) is 18.3. The van der Waals surface area contributed by atoms with Crippen molar-refractivity contribution in [1.82, 2.24) is 5.32 Å². The van der Waals surface area contributed by atoms with Crippen molar-refractivity contribution >= 4 is 29.3 Å². The van der Waals surface area contributed by atoms with Gasteiger partial charge in [0, 0.05) is 17.7 Å². The molecule has 0 fully saturated rings. The number of hydrogen-bond acceptors (Lipinski definition) is 5. The zero-order chi connectivity index (χ0) is 23.6. The van der Waals surface area contributed by atoms with E-state index in [-0.39, 0.29) is 5.91 Å². The molecule has 0 aliphatic carbocycles. The summed E-state index contributed by atoms with van der Waals surface area (Å²) in [4.78, 5) is 37.1. The molecule has 8 nitrogen and oxygen atoms in total. The molecule has 0 aliphatic rings. The first-order chi connectivity index (χ1) is 16.0. The van der Waals surface area contributed by atoms with Crippen molar-refractivity contribution in [1.29, 1.82) is 0 Å². The highest BCUT2D eigenvalue weighted by molar-refractivity contribution is 6.05. The number of benzene rings is 3. The molecule has 0 aliphatic heterocycles. The van der Waals surface area contributed by atoms with Crippen LogP contribution in [0.15, 0.2) is 78.9 Å². The van der Waals surface area contributed by atoms with Gasteiger partial charge in [0.05, 0.1) is 19.9 Å². The lowest BCUT2D eigenvalue weighted by Crippen LogP contribution is -2.45. The Morgan fingerprint density at radius 1 is 0.818 bits per heavy atom. The van der Waals surface area contributed by atoms with Gasteiger partial charge < -0.3 is 25.4 Å². The van der Waals surface area contributed by atoms with Crippen LogP contribution >= 0.6 is 0 Å². The molecule has 0 bridgehead atoms. The summed E-state index contributed by atoms with van der Waals surface area (Å²) in [5.74, 6) is -0.167. The number of ether oxygens (including phenoxy) is 2. The third-order valence-corrected chi connectivity index (χ3v) is 4.85. The van der Waals surface area contributed by atoms with E-state index in [0.717, 1.165) is 5.56 Å². The largest absolute Gasteiger partial charge is 0.495 e. The summed E-state index contributed by atoms with van der Waals surface area (Å²) >= 11 is 0. The van der Waals surface area contributed by atoms with Crippen LogP contribution in [0.5, 0.6) is 5.75 Å². The molecule has 0 saturated heterocycles. The van der Waals surface area contributed by atoms with Gasteiger partial charge in [0.25, 0.3) is 5.91 Å². The number of para-hydroxylation sites is 2. The van der Waals surface area contributed by atoms with E-state index in [4.69, 9.17) is 4.74 Å². The fraction of sp³-hybridized carbons (Fsp3) is 0.160. The molecule has 8 heteroatoms. The predicted molar refractivity (Wildman–Crippen MR) is 125 cm³/mol. The third-order valence-electron chi connectivity index (χ3n) is 4.85. The van der Waals surface area contributed by atoms with E-state index in [0.29, 0.717) is 29.1 Å². The fourth-order valence-corrected chi connectivity index (χ4v) is 3.14. The molecule has 0 spiro atoms. The van der Waals surface area contributed by atoms with Crippen molar-refractivity contribution in [3.63, 3.8) is 0 Å². The van der Waals surface area contributed by atoms with Crippen molar-refractivity contribution in [3.8, 4) is 5.75 Å². The SMILES string of the molecule is COC(=O)NC(Cc1ccccc1)C(=O)Nc1ccc(C(=O)Nc2ccccc2OC)cc1. The van der Waals surface area contributed by atoms with Gasteiger partial charge >= 0.3 is 6.09 Å². The smallest absolute Gasteiger partial charge is 0.407 e. The van der Waals surface area contributed by atoms with Crippen LogP contribution in [-0.2, 0) is 16.0 Å². The van der Waals surface area contributed by atoms with Crippen molar-refractivity contribution in [3.05, 3.63) is 90.0 Å². The molecular formula is C25H25N3O5. The molecule has 0 radical (unpaired) electrons. The molecule has 170 valence electrons. The predicted octanol–water partition coefficient (Wildman–Crippen LogP) is 3.85. The van der Waals surface area contributed by atoms with Crippen molar-refractivity contribution in [2.24, 2.45) is 0 Å². The van der Waals surface area contributed by atoms with Gasteiger partial charge in [-0.05, 0) is 42.0 Å². The summed E-state index contributed by atoms with van der Waals surface area (Å²) in [5.41, 5.74) is 2.34. The van der Waals surface area contributed by atoms with Crippen LogP contribution in [0.3, 0.4) is 0 Å². The number of carbonyl (C=O) groups excluding carboxylic acids is 3. The molecule has 33 heavy (non-hydrogen) atoms. The Morgan fingerprint density at radius 3 is 2.15 bits per heavy atom. The topological polar surface area (TPSA) is 106 Å². The summed E-state index contributed by atoms with van der Waals surface area (Å²) in [7, 11) is 2.77. The zero-order valence-electron chi connectivity index (χ0n) is 18.3. The minimum atomic E-state index is -0.839. The standard InChI is InChI=1S/C25H25N3O5/c1-32-22-11-7-6-10-20(22)27-23(29)18-12-14-19(15-13-18)26-24(30)21(28-25(31)33-2)16-17-8-4-3-5-9-17/h3-15,21H,16H2,1-2H3,(H,26,30)(H,27,29)(H,28,31). The summed E-state index contributed by atoms with van der Waals surface area (Å²) in [6.45, 7) is 0. The molecule has 3 N–H and O–H groups in total. The summed E-state index contributed by atoms with van der Waals surface area (Å²) < 4.78 is 9.89. The summed E-state index contributed by atoms with van der Waals surface area (Å²) in [6.07, 6.45) is -0.407. The molecule has 0 saturated carbocycles. The van der Waals surface area contributed by atoms with Crippen LogP contribution in [0.4, 0.5) is 16.2 Å². The third kappa shape index (κ3) is 6.57. The average molecular weight is 447 g/mol. The number of methoxy groups -OCH3 is 2. The van der Waals surface area contributed by atoms with Crippen LogP contribution in [0.2, 0.25) is 0 Å². The quantitative estimate of drug-likeness (QED) is 0.486. The monoisotopic (exact) mass is 447 g/mol. The highest BCUT2D eigenvalue weighted by atomic mass is 16.5. The van der Waals surface area contributed by atoms with E-state index in [1.165, 1.54) is 14.2 Å². The number of rotatable bonds is 8. The molecule has 0 heterocycles. The lowest BCUT2D eigenvalue weighted by atomic mass is 10.1. The van der Waals surface area contributed by atoms with Gasteiger partial charge in [0.1, 0.15) is 11.8 Å². The maximum absolute atomic E-state index is 12.8. The Balaban J connectivity index is 1.66. The Labute approximate surface area is 191 Å². The Kier molecular flexibility index (Phi) is 8.02. The minimum Gasteiger partial charge on any atom is -0.495 e. The number of hydrogen-bond donors (Lipinski definition) is 3. The maximum atomic E-state index is 12.8. The minimum absolute atomic E-state index is 0.293. The van der Waals surface area contributed by atoms with Gasteiger partial charge in [-0.3, -0.25) is 9.59 Å². The Morgan fingerprint density at radius 2 is 1.48 bits per heavy atom. The van der Waals surface area contributed by atoms with Crippen molar-refractivity contribution in [2.75, 3.05) is 24.9 Å². The van der Waals surface area contributed by atoms with Crippen LogP contribution in [-0.4, -0.2) is 38.2 Å². The normalized spacial score (nSPS) is 11.1. The van der Waals surface area contributed by atoms with Crippen LogP contribution in [0.25, 0.3) is 0 Å². The van der Waals surface area contributed by atoms with Crippen LogP contribution in [0.1, 0.15) is 15.9 Å². The van der Waals surface area contributed by atoms with E-state index < -0.39 is 18.0 Å². The number of carbonyl (C=O) groups is 3. The second-order valence-electron chi connectivity index (χ2n) is 7.10. The molecule has 0 aromatic heterocycles. The van der Waals surface area contributed by atoms with E-state index in [1.54, 1.807) is 42.5 Å². The lowest BCUT2D eigenvalue weighted by Gasteiger charge is -2.18. The second-order valence-corrected chi connectivity index (χ2v) is 7.10. The molecule has 3 rings (SSSR count). The second kappa shape index (κ2) is 11.3. The van der Waals surface area contributed by atoms with E-state index in [1.807, 2.05) is 36.4 Å². The summed E-state index contributed by atoms with van der Waals surface area (Å²) in [5, 5.41) is 8.12. The van der Waals surface area contributed by atoms with E-state index in [2.05, 4.69) is 20.7 Å². The van der Waals surface area contributed by atoms with Crippen molar-refractivity contribution in [2.45, 2.75) is 12.5 Å². The van der Waals surface area contributed by atoms with Gasteiger partial charge in [-0.1, -0.05) is 42.5 Å². The number of nitrogens with one attached hydrogen (secondary N) is 3. The molecule has 1 unspecified atom stereocenters. The first-order valence-corrected chi connectivity index (χ1v) is 10.2. The number of amides is 3. The first kappa shape index (κ1) is 23.3. The Hall–Kier alpha value is -4.33. The molecule has 3 amide bonds. The van der Waals surface area contributed by atoms with Gasteiger partial charge in [-0.15, -0.1) is 0 Å². The molecular weight excluding hydrogens is 422 g/mol. The number of anilines is 2. The van der Waals surface area contributed by atoms with E-state index in [9.17, 15) is 14.4 Å². The number of alkyl carbamates (subject to hydrolysis) is 1. The lowest BCUT2D eigenvalue weighted by molar-refractivity contribution is -0.118. The van der Waals surface area contributed by atoms with Crippen LogP contribution < -0.4 is 20.7 Å². The summed E-state index contributed by atoms with van der Waals surface area (Å²) in [6, 6.07) is 22.0. The first-order valence-electron chi connectivity index (χ1n) is 10.2. The van der Waals surface area contributed by atoms with Gasteiger partial charge in [0.2, 0.25) is 5.91 Å². The van der Waals surface area contributed by atoms with Crippen molar-refractivity contribution < 1.29 is 23.9 Å². The van der Waals surface area contributed by atoms with Gasteiger partial charge in [0.15, 0.2) is 0 Å². The van der Waals surface area contributed by atoms with Gasteiger partial charge in [-0.25, -0.2) is 4.79 Å². The highest BCUT2D eigenvalue weighted by Crippen LogP contribution is 2.24. The Bertz CT molecular complexity index is 1100. The van der Waals surface area contributed by atoms with E-state index >= 15 is 0 Å². The average Bonchev–Trinajstić information content (AvgIpc) is 2.84. The molecule has 1 atom stereocenters. The maximum Gasteiger partial charge on any atom is 0.407 e.